The number of para-hydroxylation sites is 2. The number of amides is 1. The van der Waals surface area contributed by atoms with Gasteiger partial charge in [0, 0.05) is 12.4 Å². The van der Waals surface area contributed by atoms with Crippen molar-refractivity contribution in [2.24, 2.45) is 7.05 Å². The number of carbonyl (C=O) groups excluding carboxylic acids is 1. The highest BCUT2D eigenvalue weighted by atomic mass is 32.1. The average molecular weight is 453 g/mol. The van der Waals surface area contributed by atoms with Crippen molar-refractivity contribution in [2.45, 2.75) is 19.1 Å². The molecule has 8 nitrogen and oxygen atoms in total. The highest BCUT2D eigenvalue weighted by Gasteiger charge is 2.38. The summed E-state index contributed by atoms with van der Waals surface area (Å²) in [7, 11) is 1.77. The van der Waals surface area contributed by atoms with Crippen LogP contribution in [0.15, 0.2) is 29.6 Å². The van der Waals surface area contributed by atoms with E-state index in [2.05, 4.69) is 25.5 Å². The SMILES string of the molecule is Cn1c(Cc2csc(NC(=O)Cn3c(C(F)(F)F)nc4ccccc43)n2)n[nH]c1=S. The maximum Gasteiger partial charge on any atom is 0.449 e. The molecule has 0 unspecified atom stereocenters. The van der Waals surface area contributed by atoms with E-state index in [-0.39, 0.29) is 16.2 Å². The number of nitrogens with one attached hydrogen (secondary N) is 2. The zero-order valence-corrected chi connectivity index (χ0v) is 17.0. The summed E-state index contributed by atoms with van der Waals surface area (Å²) in [4.78, 5) is 20.4. The van der Waals surface area contributed by atoms with Gasteiger partial charge in [-0.25, -0.2) is 9.97 Å². The molecule has 0 atom stereocenters. The third-order valence-corrected chi connectivity index (χ3v) is 5.49. The maximum absolute atomic E-state index is 13.4. The van der Waals surface area contributed by atoms with Crippen molar-refractivity contribution in [3.63, 3.8) is 0 Å². The number of H-pyrrole nitrogens is 1. The Kier molecular flexibility index (Phi) is 5.15. The van der Waals surface area contributed by atoms with Crippen LogP contribution in [0.4, 0.5) is 18.3 Å². The van der Waals surface area contributed by atoms with Crippen LogP contribution in [-0.4, -0.2) is 35.2 Å². The molecule has 1 aromatic carbocycles. The topological polar surface area (TPSA) is 93.4 Å². The number of anilines is 1. The van der Waals surface area contributed by atoms with Gasteiger partial charge in [0.25, 0.3) is 0 Å². The molecule has 0 aliphatic carbocycles. The summed E-state index contributed by atoms with van der Waals surface area (Å²) in [5.74, 6) is -1.09. The number of benzene rings is 1. The van der Waals surface area contributed by atoms with Crippen molar-refractivity contribution in [3.8, 4) is 0 Å². The third kappa shape index (κ3) is 3.98. The Bertz CT molecular complexity index is 1280. The summed E-state index contributed by atoms with van der Waals surface area (Å²) in [5, 5.41) is 11.3. The van der Waals surface area contributed by atoms with Crippen molar-refractivity contribution in [1.82, 2.24) is 29.3 Å². The predicted octanol–water partition coefficient (Wildman–Crippen LogP) is 3.53. The lowest BCUT2D eigenvalue weighted by Gasteiger charge is -2.10. The highest BCUT2D eigenvalue weighted by molar-refractivity contribution is 7.71. The van der Waals surface area contributed by atoms with Crippen LogP contribution in [0.3, 0.4) is 0 Å². The van der Waals surface area contributed by atoms with E-state index in [9.17, 15) is 18.0 Å². The highest BCUT2D eigenvalue weighted by Crippen LogP contribution is 2.31. The molecule has 3 heterocycles. The van der Waals surface area contributed by atoms with Crippen LogP contribution in [-0.2, 0) is 31.0 Å². The molecule has 0 saturated carbocycles. The minimum atomic E-state index is -4.68. The van der Waals surface area contributed by atoms with E-state index >= 15 is 0 Å². The lowest BCUT2D eigenvalue weighted by molar-refractivity contribution is -0.147. The van der Waals surface area contributed by atoms with Gasteiger partial charge in [0.1, 0.15) is 12.4 Å². The first-order valence-electron chi connectivity index (χ1n) is 8.59. The largest absolute Gasteiger partial charge is 0.449 e. The Morgan fingerprint density at radius 1 is 1.30 bits per heavy atom. The van der Waals surface area contributed by atoms with E-state index in [1.165, 1.54) is 23.5 Å². The summed E-state index contributed by atoms with van der Waals surface area (Å²) in [6.45, 7) is -0.544. The van der Waals surface area contributed by atoms with E-state index in [0.29, 0.717) is 22.7 Å². The fraction of sp³-hybridized carbons (Fsp3) is 0.235. The van der Waals surface area contributed by atoms with Crippen molar-refractivity contribution < 1.29 is 18.0 Å². The van der Waals surface area contributed by atoms with Crippen LogP contribution in [0.1, 0.15) is 17.3 Å². The van der Waals surface area contributed by atoms with E-state index in [1.54, 1.807) is 29.1 Å². The Labute approximate surface area is 176 Å². The van der Waals surface area contributed by atoms with Crippen LogP contribution in [0.2, 0.25) is 0 Å². The molecule has 1 amide bonds. The zero-order valence-electron chi connectivity index (χ0n) is 15.4. The molecule has 4 aromatic rings. The predicted molar refractivity (Wildman–Crippen MR) is 107 cm³/mol. The van der Waals surface area contributed by atoms with Crippen molar-refractivity contribution in [3.05, 3.63) is 51.8 Å². The minimum absolute atomic E-state index is 0.169. The number of hydrogen-bond acceptors (Lipinski definition) is 6. The summed E-state index contributed by atoms with van der Waals surface area (Å²) in [6.07, 6.45) is -4.29. The van der Waals surface area contributed by atoms with Gasteiger partial charge >= 0.3 is 6.18 Å². The van der Waals surface area contributed by atoms with Crippen LogP contribution in [0.25, 0.3) is 11.0 Å². The summed E-state index contributed by atoms with van der Waals surface area (Å²) in [6, 6.07) is 6.14. The molecule has 2 N–H and O–H groups in total. The molecule has 0 saturated heterocycles. The average Bonchev–Trinajstić information content (AvgIpc) is 3.36. The number of nitrogens with zero attached hydrogens (tertiary/aromatic N) is 5. The van der Waals surface area contributed by atoms with Crippen molar-refractivity contribution >= 4 is 45.6 Å². The van der Waals surface area contributed by atoms with Gasteiger partial charge in [-0.05, 0) is 24.4 Å². The van der Waals surface area contributed by atoms with Gasteiger partial charge in [0.15, 0.2) is 9.90 Å². The molecule has 0 spiro atoms. The lowest BCUT2D eigenvalue weighted by Crippen LogP contribution is -2.23. The molecule has 3 aromatic heterocycles. The maximum atomic E-state index is 13.4. The number of hydrogen-bond donors (Lipinski definition) is 2. The Morgan fingerprint density at radius 3 is 2.77 bits per heavy atom. The molecule has 0 bridgehead atoms. The Morgan fingerprint density at radius 2 is 2.07 bits per heavy atom. The molecule has 0 aliphatic rings. The van der Waals surface area contributed by atoms with Gasteiger partial charge in [0.05, 0.1) is 23.1 Å². The molecular weight excluding hydrogens is 439 g/mol. The molecule has 0 fully saturated rings. The standard InChI is InChI=1S/C17H14F3N7OS2/c1-26-12(24-25-16(26)29)6-9-8-30-15(21-9)23-13(28)7-27-11-5-3-2-4-10(11)22-14(27)17(18,19)20/h2-5,8H,6-7H2,1H3,(H,25,29)(H,21,23,28). The molecule has 30 heavy (non-hydrogen) atoms. The second-order valence-electron chi connectivity index (χ2n) is 6.38. The van der Waals surface area contributed by atoms with E-state index in [0.717, 1.165) is 4.57 Å². The molecule has 4 rings (SSSR count). The van der Waals surface area contributed by atoms with Gasteiger partial charge in [-0.3, -0.25) is 9.89 Å². The van der Waals surface area contributed by atoms with Crippen LogP contribution < -0.4 is 5.32 Å². The number of halogens is 3. The number of rotatable bonds is 5. The molecule has 0 aliphatic heterocycles. The van der Waals surface area contributed by atoms with Gasteiger partial charge in [0.2, 0.25) is 11.7 Å². The second-order valence-corrected chi connectivity index (χ2v) is 7.63. The lowest BCUT2D eigenvalue weighted by atomic mass is 10.3. The Hall–Kier alpha value is -3.06. The number of carbonyl (C=O) groups is 1. The fourth-order valence-corrected chi connectivity index (χ4v) is 3.78. The van der Waals surface area contributed by atoms with Gasteiger partial charge in [-0.2, -0.15) is 18.3 Å². The summed E-state index contributed by atoms with van der Waals surface area (Å²) < 4.78 is 43.1. The summed E-state index contributed by atoms with van der Waals surface area (Å²) >= 11 is 6.23. The monoisotopic (exact) mass is 453 g/mol. The number of aromatic amines is 1. The fourth-order valence-electron chi connectivity index (χ4n) is 2.90. The number of thiazole rings is 1. The van der Waals surface area contributed by atoms with Crippen molar-refractivity contribution in [2.75, 3.05) is 5.32 Å². The molecule has 156 valence electrons. The molecular formula is C17H14F3N7OS2. The first-order chi connectivity index (χ1) is 14.2. The van der Waals surface area contributed by atoms with Crippen LogP contribution in [0, 0.1) is 4.77 Å². The van der Waals surface area contributed by atoms with Crippen LogP contribution >= 0.6 is 23.6 Å². The van der Waals surface area contributed by atoms with Crippen molar-refractivity contribution in [1.29, 1.82) is 0 Å². The number of fused-ring (bicyclic) bond motifs is 1. The number of aromatic nitrogens is 6. The van der Waals surface area contributed by atoms with E-state index in [4.69, 9.17) is 12.2 Å². The molecule has 0 radical (unpaired) electrons. The smallest absolute Gasteiger partial charge is 0.311 e. The van der Waals surface area contributed by atoms with Crippen LogP contribution in [0.5, 0.6) is 0 Å². The quantitative estimate of drug-likeness (QED) is 0.451. The number of imidazole rings is 1. The Balaban J connectivity index is 1.51. The van der Waals surface area contributed by atoms with E-state index < -0.39 is 24.5 Å². The van der Waals surface area contributed by atoms with Gasteiger partial charge in [-0.1, -0.05) is 12.1 Å². The first-order valence-corrected chi connectivity index (χ1v) is 9.88. The third-order valence-electron chi connectivity index (χ3n) is 4.32. The number of alkyl halides is 3. The zero-order chi connectivity index (χ0) is 21.5. The normalized spacial score (nSPS) is 11.9. The van der Waals surface area contributed by atoms with E-state index in [1.807, 2.05) is 0 Å². The second kappa shape index (κ2) is 7.65. The van der Waals surface area contributed by atoms with Gasteiger partial charge in [-0.15, -0.1) is 11.3 Å². The van der Waals surface area contributed by atoms with Gasteiger partial charge < -0.3 is 14.5 Å². The molecule has 13 heteroatoms. The minimum Gasteiger partial charge on any atom is -0.311 e. The first kappa shape index (κ1) is 20.2. The summed E-state index contributed by atoms with van der Waals surface area (Å²) in [5.41, 5.74) is 1.05.